The molecule has 0 amide bonds. The van der Waals surface area contributed by atoms with Gasteiger partial charge in [0.25, 0.3) is 0 Å². The minimum Gasteiger partial charge on any atom is -0.289 e. The van der Waals surface area contributed by atoms with Crippen LogP contribution in [0, 0.1) is 0 Å². The van der Waals surface area contributed by atoms with Crippen molar-refractivity contribution in [2.24, 2.45) is 0 Å². The molecule has 3 aromatic rings. The van der Waals surface area contributed by atoms with Gasteiger partial charge < -0.3 is 0 Å². The van der Waals surface area contributed by atoms with Gasteiger partial charge in [0.15, 0.2) is 5.78 Å². The molecule has 0 fully saturated rings. The van der Waals surface area contributed by atoms with E-state index in [2.05, 4.69) is 45.0 Å². The largest absolute Gasteiger partial charge is 0.289 e. The Bertz CT molecular complexity index is 948. The molecule has 4 rings (SSSR count). The van der Waals surface area contributed by atoms with Crippen molar-refractivity contribution >= 4 is 28.3 Å². The van der Waals surface area contributed by atoms with Gasteiger partial charge in [0.1, 0.15) is 0 Å². The fraction of sp³-hybridized carbons (Fsp3) is 0.190. The molecule has 0 N–H and O–H groups in total. The maximum atomic E-state index is 12.9. The van der Waals surface area contributed by atoms with E-state index in [0.717, 1.165) is 22.1 Å². The zero-order valence-corrected chi connectivity index (χ0v) is 14.3. The molecule has 0 saturated heterocycles. The van der Waals surface area contributed by atoms with Crippen LogP contribution in [0.5, 0.6) is 0 Å². The number of ketones is 1. The molecule has 1 aliphatic carbocycles. The van der Waals surface area contributed by atoms with E-state index >= 15 is 0 Å². The number of fused-ring (bicyclic) bond motifs is 2. The third-order valence-electron chi connectivity index (χ3n) is 4.12. The molecule has 0 aromatic heterocycles. The molecule has 1 nitrogen and oxygen atoms in total. The highest BCUT2D eigenvalue weighted by Gasteiger charge is 2.26. The summed E-state index contributed by atoms with van der Waals surface area (Å²) in [5.74, 6) is 0.136. The lowest BCUT2D eigenvalue weighted by Gasteiger charge is -2.23. The minimum absolute atomic E-state index is 0.135. The van der Waals surface area contributed by atoms with Gasteiger partial charge in [0.2, 0.25) is 0 Å². The zero-order valence-electron chi connectivity index (χ0n) is 13.5. The van der Waals surface area contributed by atoms with Gasteiger partial charge in [-0.1, -0.05) is 69.3 Å². The molecule has 114 valence electrons. The topological polar surface area (TPSA) is 17.1 Å². The molecule has 0 bridgehead atoms. The standard InChI is InChI=1S/C21H18OS/c1-21(2,3)23-18-12-11-14-13-7-4-5-8-15(13)20(22)17-10-6-9-16(18)19(14)17/h4-12H,1-3H3. The van der Waals surface area contributed by atoms with Crippen LogP contribution >= 0.6 is 11.8 Å². The SMILES string of the molecule is CC(C)(C)Sc1ccc2c3c(cccc13)C(=O)c1ccccc1-2. The Hall–Kier alpha value is -2.06. The predicted octanol–water partition coefficient (Wildman–Crippen LogP) is 5.94. The summed E-state index contributed by atoms with van der Waals surface area (Å²) in [5, 5.41) is 2.29. The van der Waals surface area contributed by atoms with Crippen LogP contribution < -0.4 is 0 Å². The van der Waals surface area contributed by atoms with Gasteiger partial charge >= 0.3 is 0 Å². The van der Waals surface area contributed by atoms with Crippen molar-refractivity contribution < 1.29 is 4.79 Å². The predicted molar refractivity (Wildman–Crippen MR) is 98.4 cm³/mol. The van der Waals surface area contributed by atoms with Crippen LogP contribution in [0.15, 0.2) is 59.5 Å². The molecular formula is C21H18OS. The Morgan fingerprint density at radius 1 is 0.739 bits per heavy atom. The monoisotopic (exact) mass is 318 g/mol. The van der Waals surface area contributed by atoms with Gasteiger partial charge in [-0.15, -0.1) is 11.8 Å². The van der Waals surface area contributed by atoms with Gasteiger partial charge in [-0.2, -0.15) is 0 Å². The van der Waals surface area contributed by atoms with Crippen molar-refractivity contribution in [1.29, 1.82) is 0 Å². The smallest absolute Gasteiger partial charge is 0.194 e. The van der Waals surface area contributed by atoms with Crippen LogP contribution in [0.3, 0.4) is 0 Å². The van der Waals surface area contributed by atoms with Crippen LogP contribution in [-0.4, -0.2) is 10.5 Å². The van der Waals surface area contributed by atoms with E-state index in [4.69, 9.17) is 0 Å². The third-order valence-corrected chi connectivity index (χ3v) is 5.31. The van der Waals surface area contributed by atoms with Crippen LogP contribution in [0.4, 0.5) is 0 Å². The first kappa shape index (κ1) is 14.5. The summed E-state index contributed by atoms with van der Waals surface area (Å²) >= 11 is 1.85. The van der Waals surface area contributed by atoms with Crippen LogP contribution in [0.25, 0.3) is 21.9 Å². The number of carbonyl (C=O) groups is 1. The number of carbonyl (C=O) groups excluding carboxylic acids is 1. The third kappa shape index (κ3) is 2.29. The number of hydrogen-bond donors (Lipinski definition) is 0. The van der Waals surface area contributed by atoms with Gasteiger partial charge in [0, 0.05) is 26.2 Å². The quantitative estimate of drug-likeness (QED) is 0.404. The molecule has 0 saturated carbocycles. The highest BCUT2D eigenvalue weighted by molar-refractivity contribution is 8.00. The molecule has 0 heterocycles. The average molecular weight is 318 g/mol. The van der Waals surface area contributed by atoms with E-state index in [0.29, 0.717) is 0 Å². The second kappa shape index (κ2) is 4.97. The lowest BCUT2D eigenvalue weighted by atomic mass is 9.83. The number of hydrogen-bond acceptors (Lipinski definition) is 2. The van der Waals surface area contributed by atoms with Gasteiger partial charge in [-0.25, -0.2) is 0 Å². The van der Waals surface area contributed by atoms with Crippen molar-refractivity contribution in [1.82, 2.24) is 0 Å². The first-order valence-corrected chi connectivity index (χ1v) is 8.66. The number of benzene rings is 3. The summed E-state index contributed by atoms with van der Waals surface area (Å²) in [4.78, 5) is 14.1. The highest BCUT2D eigenvalue weighted by Crippen LogP contribution is 2.44. The summed E-state index contributed by atoms with van der Waals surface area (Å²) in [7, 11) is 0. The molecule has 0 aliphatic heterocycles. The van der Waals surface area contributed by atoms with Gasteiger partial charge in [0.05, 0.1) is 0 Å². The Morgan fingerprint density at radius 2 is 1.43 bits per heavy atom. The van der Waals surface area contributed by atoms with Crippen molar-refractivity contribution in [2.45, 2.75) is 30.4 Å². The second-order valence-corrected chi connectivity index (χ2v) is 8.80. The number of rotatable bonds is 1. The van der Waals surface area contributed by atoms with Crippen molar-refractivity contribution in [2.75, 3.05) is 0 Å². The summed E-state index contributed by atoms with van der Waals surface area (Å²) in [6, 6.07) is 18.4. The van der Waals surface area contributed by atoms with Crippen LogP contribution in [0.2, 0.25) is 0 Å². The summed E-state index contributed by atoms with van der Waals surface area (Å²) in [6.07, 6.45) is 0. The van der Waals surface area contributed by atoms with Crippen molar-refractivity contribution in [3.05, 3.63) is 65.7 Å². The number of thioether (sulfide) groups is 1. The van der Waals surface area contributed by atoms with Gasteiger partial charge in [-0.05, 0) is 22.6 Å². The zero-order chi connectivity index (χ0) is 16.2. The first-order valence-electron chi connectivity index (χ1n) is 7.84. The lowest BCUT2D eigenvalue weighted by Crippen LogP contribution is -2.11. The maximum Gasteiger partial charge on any atom is 0.194 e. The van der Waals surface area contributed by atoms with Crippen LogP contribution in [-0.2, 0) is 0 Å². The molecule has 23 heavy (non-hydrogen) atoms. The van der Waals surface area contributed by atoms with Gasteiger partial charge in [-0.3, -0.25) is 4.79 Å². The molecule has 3 aromatic carbocycles. The van der Waals surface area contributed by atoms with E-state index in [1.165, 1.54) is 15.8 Å². The Labute approximate surface area is 140 Å². The summed E-state index contributed by atoms with van der Waals surface area (Å²) in [6.45, 7) is 6.65. The summed E-state index contributed by atoms with van der Waals surface area (Å²) < 4.78 is 0.135. The van der Waals surface area contributed by atoms with E-state index < -0.39 is 0 Å². The summed E-state index contributed by atoms with van der Waals surface area (Å²) in [5.41, 5.74) is 3.86. The Morgan fingerprint density at radius 3 is 2.17 bits per heavy atom. The normalized spacial score (nSPS) is 13.3. The van der Waals surface area contributed by atoms with Crippen molar-refractivity contribution in [3.63, 3.8) is 0 Å². The Balaban J connectivity index is 2.07. The van der Waals surface area contributed by atoms with E-state index in [1.54, 1.807) is 0 Å². The maximum absolute atomic E-state index is 12.9. The second-order valence-electron chi connectivity index (χ2n) is 6.93. The lowest BCUT2D eigenvalue weighted by molar-refractivity contribution is 0.104. The first-order chi connectivity index (χ1) is 11.0. The molecule has 0 atom stereocenters. The molecule has 1 aliphatic rings. The van der Waals surface area contributed by atoms with Crippen molar-refractivity contribution in [3.8, 4) is 11.1 Å². The molecule has 0 unspecified atom stereocenters. The average Bonchev–Trinajstić information content (AvgIpc) is 2.52. The fourth-order valence-electron chi connectivity index (χ4n) is 3.27. The van der Waals surface area contributed by atoms with E-state index in [9.17, 15) is 4.79 Å². The van der Waals surface area contributed by atoms with Crippen LogP contribution in [0.1, 0.15) is 36.7 Å². The molecule has 0 radical (unpaired) electrons. The Kier molecular flexibility index (Phi) is 3.14. The van der Waals surface area contributed by atoms with E-state index in [1.807, 2.05) is 42.1 Å². The molecular weight excluding hydrogens is 300 g/mol. The highest BCUT2D eigenvalue weighted by atomic mass is 32.2. The fourth-order valence-corrected chi connectivity index (χ4v) is 4.35. The minimum atomic E-state index is 0.135. The molecule has 0 spiro atoms. The molecule has 2 heteroatoms. The van der Waals surface area contributed by atoms with E-state index in [-0.39, 0.29) is 10.5 Å².